The number of aromatic hydroxyl groups is 1. The second kappa shape index (κ2) is 39.4. The zero-order chi connectivity index (χ0) is 65.4. The van der Waals surface area contributed by atoms with Crippen molar-refractivity contribution in [2.45, 2.75) is 217 Å². The monoisotopic (exact) mass is 1250 g/mol. The van der Waals surface area contributed by atoms with E-state index in [4.69, 9.17) is 11.5 Å². The van der Waals surface area contributed by atoms with E-state index in [0.29, 0.717) is 56.4 Å². The Hall–Kier alpha value is -7.80. The molecule has 2 aromatic carbocycles. The number of carbonyl (C=O) groups is 9. The Bertz CT molecular complexity index is 2810. The van der Waals surface area contributed by atoms with Crippen molar-refractivity contribution in [2.24, 2.45) is 22.4 Å². The number of aromatic amines is 1. The molecular weight excluding hydrogens is 1150 g/mol. The van der Waals surface area contributed by atoms with Gasteiger partial charge in [-0.2, -0.15) is 0 Å². The fourth-order valence-corrected chi connectivity index (χ4v) is 11.4. The van der Waals surface area contributed by atoms with Gasteiger partial charge in [0.2, 0.25) is 53.2 Å². The van der Waals surface area contributed by atoms with Gasteiger partial charge in [0, 0.05) is 56.0 Å². The van der Waals surface area contributed by atoms with Gasteiger partial charge in [-0.3, -0.25) is 48.1 Å². The number of likely N-dealkylation sites (tertiary alicyclic amines) is 1. The Kier molecular flexibility index (Phi) is 31.9. The van der Waals surface area contributed by atoms with Crippen molar-refractivity contribution < 1.29 is 53.4 Å². The lowest BCUT2D eigenvalue weighted by molar-refractivity contribution is -0.142. The van der Waals surface area contributed by atoms with Crippen molar-refractivity contribution >= 4 is 70.0 Å². The summed E-state index contributed by atoms with van der Waals surface area (Å²) >= 11 is 0. The number of nitrogens with two attached hydrogens (primary N) is 2. The number of rotatable bonds is 42. The minimum absolute atomic E-state index is 0.0515. The molecule has 0 radical (unpaired) electrons. The van der Waals surface area contributed by atoms with Crippen LogP contribution < -0.4 is 59.3 Å². The number of aromatic nitrogens is 1. The third-order valence-electron chi connectivity index (χ3n) is 16.4. The minimum atomic E-state index is -1.67. The van der Waals surface area contributed by atoms with Gasteiger partial charge in [-0.1, -0.05) is 109 Å². The molecule has 5 rings (SSSR count). The summed E-state index contributed by atoms with van der Waals surface area (Å²) in [6, 6.07) is 3.53. The molecule has 2 saturated heterocycles. The number of para-hydroxylation sites is 1. The lowest BCUT2D eigenvalue weighted by atomic mass is 10.00. The van der Waals surface area contributed by atoms with Gasteiger partial charge >= 0.3 is 0 Å². The number of nitrogens with zero attached hydrogens (tertiary/aromatic N) is 2. The van der Waals surface area contributed by atoms with E-state index in [1.165, 1.54) is 68.4 Å². The molecule has 8 atom stereocenters. The number of amides is 9. The third kappa shape index (κ3) is 24.9. The number of aliphatic imine (C=N–C) groups is 1. The molecule has 25 heteroatoms. The molecule has 498 valence electrons. The van der Waals surface area contributed by atoms with E-state index >= 15 is 0 Å². The number of guanidine groups is 1. The number of carbonyl (C=O) groups excluding carboxylic acids is 9. The Labute approximate surface area is 529 Å². The quantitative estimate of drug-likeness (QED) is 0.0220. The van der Waals surface area contributed by atoms with Crippen LogP contribution in [0.1, 0.15) is 167 Å². The molecule has 90 heavy (non-hydrogen) atoms. The third-order valence-corrected chi connectivity index (χ3v) is 16.4. The number of H-pyrrole nitrogens is 1. The molecule has 16 N–H and O–H groups in total. The summed E-state index contributed by atoms with van der Waals surface area (Å²) in [6.07, 6.45) is 16.6. The van der Waals surface area contributed by atoms with Crippen molar-refractivity contribution in [1.29, 1.82) is 0 Å². The number of likely N-dealkylation sites (N-methyl/N-ethyl adjacent to an activating group) is 1. The smallest absolute Gasteiger partial charge is 0.245 e. The number of phenols is 1. The number of aliphatic hydroxyl groups excluding tert-OH is 1. The SMILES string of the molecule is CCCCCCCCCCCCNCCCC[C@@H](NC(=O)[C@H](Cc1ccc(O)cc1)NC(=O)[C@H](CO)NC(=O)[C@H](Cc1c[nH]c2ccccc12)NC(=O)[C@@H]1CCC(=O)N1)C(=O)N[C@@H](CC(C)C)C(=O)N[C@@H](CCCN=C(N)N)C(=O)N1CCC[C@H]1C(=O)NCC. The van der Waals surface area contributed by atoms with Crippen LogP contribution in [0.4, 0.5) is 0 Å². The van der Waals surface area contributed by atoms with Crippen molar-refractivity contribution in [3.05, 3.63) is 65.9 Å². The maximum Gasteiger partial charge on any atom is 0.245 e. The van der Waals surface area contributed by atoms with Crippen LogP contribution in [0.15, 0.2) is 59.7 Å². The molecule has 0 saturated carbocycles. The number of aliphatic hydroxyl groups is 1. The van der Waals surface area contributed by atoms with E-state index in [9.17, 15) is 53.4 Å². The van der Waals surface area contributed by atoms with Crippen molar-refractivity contribution in [1.82, 2.24) is 57.7 Å². The molecule has 0 spiro atoms. The van der Waals surface area contributed by atoms with Crippen molar-refractivity contribution in [3.63, 3.8) is 0 Å². The summed E-state index contributed by atoms with van der Waals surface area (Å²) in [4.78, 5) is 135. The highest BCUT2D eigenvalue weighted by atomic mass is 16.3. The lowest BCUT2D eigenvalue weighted by Gasteiger charge is -2.30. The summed E-state index contributed by atoms with van der Waals surface area (Å²) in [5.74, 6) is -6.12. The first-order valence-corrected chi connectivity index (χ1v) is 32.7. The number of benzene rings is 2. The van der Waals surface area contributed by atoms with Gasteiger partial charge in [-0.05, 0) is 119 Å². The number of hydrogen-bond donors (Lipinski definition) is 14. The normalized spacial score (nSPS) is 16.6. The van der Waals surface area contributed by atoms with E-state index in [-0.39, 0.29) is 87.4 Å². The first-order valence-electron chi connectivity index (χ1n) is 32.7. The van der Waals surface area contributed by atoms with Crippen LogP contribution in [0, 0.1) is 5.92 Å². The number of nitrogens with one attached hydrogen (secondary N) is 10. The Morgan fingerprint density at radius 2 is 1.23 bits per heavy atom. The molecule has 3 aromatic rings. The van der Waals surface area contributed by atoms with Crippen molar-refractivity contribution in [3.8, 4) is 5.75 Å². The second-order valence-electron chi connectivity index (χ2n) is 24.2. The van der Waals surface area contributed by atoms with E-state index in [1.807, 2.05) is 38.1 Å². The number of fused-ring (bicyclic) bond motifs is 1. The standard InChI is InChI=1S/C65H102N14O11/c1-5-7-8-9-10-11-12-13-14-18-33-68-34-19-17-24-48(57(83)75-51(37-42(3)4)59(85)74-50(25-20-35-70-65(66)67)64(90)79-36-21-26-55(79)63(89)69-6-2)73-60(86)52(38-43-27-29-45(81)30-28-43)76-62(88)54(41-80)78-61(87)53(77-58(84)49-31-32-56(82)72-49)39-44-40-71-47-23-16-15-22-46(44)47/h15-16,22-23,27-30,40,42,48-55,68,71,80-81H,5-14,17-21,24-26,31-39,41H2,1-4H3,(H,69,89)(H,72,82)(H,73,86)(H,74,85)(H,75,83)(H,76,88)(H,77,84)(H,78,87)(H4,66,67,70)/t48-,49+,50+,51+,52+,53+,54+,55+/m1/s1. The highest BCUT2D eigenvalue weighted by Crippen LogP contribution is 2.23. The first-order chi connectivity index (χ1) is 43.3. The van der Waals surface area contributed by atoms with E-state index < -0.39 is 96.3 Å². The average Bonchev–Trinajstić information content (AvgIpc) is 1.93. The number of hydrogen-bond acceptors (Lipinski definition) is 13. The molecule has 2 aliphatic heterocycles. The van der Waals surface area contributed by atoms with E-state index in [1.54, 1.807) is 25.3 Å². The molecule has 0 bridgehead atoms. The summed E-state index contributed by atoms with van der Waals surface area (Å²) in [6.45, 7) is 9.06. The van der Waals surface area contributed by atoms with E-state index in [2.05, 4.69) is 64.8 Å². The Morgan fingerprint density at radius 3 is 1.88 bits per heavy atom. The topological polar surface area (TPSA) is 386 Å². The number of unbranched alkanes of at least 4 members (excludes halogenated alkanes) is 10. The molecule has 0 aliphatic carbocycles. The fraction of sp³-hybridized carbons (Fsp3) is 0.631. The molecule has 9 amide bonds. The van der Waals surface area contributed by atoms with Crippen LogP contribution in [0.25, 0.3) is 10.9 Å². The highest BCUT2D eigenvalue weighted by molar-refractivity contribution is 5.99. The second-order valence-corrected chi connectivity index (χ2v) is 24.2. The van der Waals surface area contributed by atoms with Gasteiger partial charge < -0.3 is 79.4 Å². The van der Waals surface area contributed by atoms with Gasteiger partial charge in [-0.15, -0.1) is 0 Å². The van der Waals surface area contributed by atoms with Crippen LogP contribution in [-0.4, -0.2) is 167 Å². The summed E-state index contributed by atoms with van der Waals surface area (Å²) in [5, 5.41) is 47.1. The summed E-state index contributed by atoms with van der Waals surface area (Å²) in [5.41, 5.74) is 13.1. The van der Waals surface area contributed by atoms with Crippen LogP contribution in [0.5, 0.6) is 5.75 Å². The van der Waals surface area contributed by atoms with Crippen LogP contribution in [-0.2, 0) is 56.0 Å². The molecular formula is C65H102N14O11. The molecule has 3 heterocycles. The summed E-state index contributed by atoms with van der Waals surface area (Å²) < 4.78 is 0. The average molecular weight is 1260 g/mol. The maximum atomic E-state index is 14.9. The van der Waals surface area contributed by atoms with Crippen LogP contribution in [0.2, 0.25) is 0 Å². The largest absolute Gasteiger partial charge is 0.508 e. The van der Waals surface area contributed by atoms with Gasteiger partial charge in [0.15, 0.2) is 5.96 Å². The van der Waals surface area contributed by atoms with Crippen molar-refractivity contribution in [2.75, 3.05) is 39.3 Å². The Balaban J connectivity index is 1.37. The summed E-state index contributed by atoms with van der Waals surface area (Å²) in [7, 11) is 0. The van der Waals surface area contributed by atoms with Gasteiger partial charge in [0.25, 0.3) is 0 Å². The Morgan fingerprint density at radius 1 is 0.656 bits per heavy atom. The molecule has 25 nitrogen and oxygen atoms in total. The van der Waals surface area contributed by atoms with Crippen LogP contribution in [0.3, 0.4) is 0 Å². The maximum absolute atomic E-state index is 14.9. The molecule has 2 fully saturated rings. The lowest BCUT2D eigenvalue weighted by Crippen LogP contribution is -2.61. The van der Waals surface area contributed by atoms with Gasteiger partial charge in [-0.25, -0.2) is 0 Å². The predicted molar refractivity (Wildman–Crippen MR) is 345 cm³/mol. The number of phenolic OH excluding ortho intramolecular Hbond substituents is 1. The van der Waals surface area contributed by atoms with Gasteiger partial charge in [0.1, 0.15) is 54.1 Å². The first kappa shape index (κ1) is 72.9. The molecule has 1 aromatic heterocycles. The minimum Gasteiger partial charge on any atom is -0.508 e. The molecule has 0 unspecified atom stereocenters. The zero-order valence-corrected chi connectivity index (χ0v) is 53.3. The van der Waals surface area contributed by atoms with E-state index in [0.717, 1.165) is 30.3 Å². The van der Waals surface area contributed by atoms with Gasteiger partial charge in [0.05, 0.1) is 6.61 Å². The highest BCUT2D eigenvalue weighted by Gasteiger charge is 2.39. The zero-order valence-electron chi connectivity index (χ0n) is 53.3. The predicted octanol–water partition coefficient (Wildman–Crippen LogP) is 2.75. The molecule has 2 aliphatic rings. The van der Waals surface area contributed by atoms with Crippen LogP contribution >= 0.6 is 0 Å². The fourth-order valence-electron chi connectivity index (χ4n) is 11.4.